The number of carbonyl (C=O) groups is 2. The van der Waals surface area contributed by atoms with Crippen LogP contribution in [-0.2, 0) is 4.79 Å². The molecule has 0 bridgehead atoms. The van der Waals surface area contributed by atoms with Crippen LogP contribution in [0.2, 0.25) is 0 Å². The summed E-state index contributed by atoms with van der Waals surface area (Å²) in [5.41, 5.74) is 5.51. The zero-order valence-electron chi connectivity index (χ0n) is 14.7. The van der Waals surface area contributed by atoms with Crippen LogP contribution in [0.25, 0.3) is 0 Å². The van der Waals surface area contributed by atoms with Crippen LogP contribution in [0.1, 0.15) is 71.1 Å². The molecule has 0 aliphatic carbocycles. The molecule has 0 saturated carbocycles. The van der Waals surface area contributed by atoms with Crippen molar-refractivity contribution in [3.63, 3.8) is 0 Å². The maximum atomic E-state index is 11.9. The van der Waals surface area contributed by atoms with Gasteiger partial charge in [-0.3, -0.25) is 4.79 Å². The van der Waals surface area contributed by atoms with E-state index in [0.717, 1.165) is 12.8 Å². The molecule has 0 fully saturated rings. The van der Waals surface area contributed by atoms with Gasteiger partial charge in [0.1, 0.15) is 0 Å². The van der Waals surface area contributed by atoms with Gasteiger partial charge in [-0.15, -0.1) is 0 Å². The number of urea groups is 1. The highest BCUT2D eigenvalue weighted by Gasteiger charge is 2.09. The second kappa shape index (κ2) is 12.4. The SMILES string of the molecule is CCCCCCCCCCCC(=O)Oc1ccccc1NC(N)=O. The third-order valence-corrected chi connectivity index (χ3v) is 3.85. The maximum absolute atomic E-state index is 11.9. The van der Waals surface area contributed by atoms with Gasteiger partial charge in [0.2, 0.25) is 0 Å². The molecule has 3 N–H and O–H groups in total. The number of hydrogen-bond acceptors (Lipinski definition) is 3. The van der Waals surface area contributed by atoms with Gasteiger partial charge in [0, 0.05) is 6.42 Å². The molecule has 0 aromatic heterocycles. The Hall–Kier alpha value is -2.04. The number of primary amides is 1. The van der Waals surface area contributed by atoms with E-state index in [1.807, 2.05) is 0 Å². The molecule has 0 spiro atoms. The van der Waals surface area contributed by atoms with Crippen molar-refractivity contribution >= 4 is 17.7 Å². The number of anilines is 1. The first kappa shape index (κ1) is 20.0. The van der Waals surface area contributed by atoms with Crippen LogP contribution < -0.4 is 15.8 Å². The van der Waals surface area contributed by atoms with E-state index in [-0.39, 0.29) is 5.97 Å². The van der Waals surface area contributed by atoms with Crippen LogP contribution in [-0.4, -0.2) is 12.0 Å². The molecule has 0 aliphatic rings. The van der Waals surface area contributed by atoms with Gasteiger partial charge in [-0.1, -0.05) is 70.4 Å². The van der Waals surface area contributed by atoms with Crippen molar-refractivity contribution in [3.8, 4) is 5.75 Å². The van der Waals surface area contributed by atoms with Crippen molar-refractivity contribution in [2.75, 3.05) is 5.32 Å². The van der Waals surface area contributed by atoms with Crippen LogP contribution in [0.5, 0.6) is 5.75 Å². The lowest BCUT2D eigenvalue weighted by atomic mass is 10.1. The minimum absolute atomic E-state index is 0.281. The molecule has 2 amide bonds. The highest BCUT2D eigenvalue weighted by Crippen LogP contribution is 2.24. The third-order valence-electron chi connectivity index (χ3n) is 3.85. The Balaban J connectivity index is 2.17. The van der Waals surface area contributed by atoms with Gasteiger partial charge in [-0.05, 0) is 18.6 Å². The zero-order chi connectivity index (χ0) is 17.6. The molecule has 0 heterocycles. The van der Waals surface area contributed by atoms with Crippen molar-refractivity contribution in [1.82, 2.24) is 0 Å². The fourth-order valence-corrected chi connectivity index (χ4v) is 2.55. The van der Waals surface area contributed by atoms with Crippen LogP contribution in [0.4, 0.5) is 10.5 Å². The first-order valence-electron chi connectivity index (χ1n) is 8.99. The normalized spacial score (nSPS) is 10.4. The Morgan fingerprint density at radius 1 is 0.958 bits per heavy atom. The Morgan fingerprint density at radius 3 is 2.17 bits per heavy atom. The number of ether oxygens (including phenoxy) is 1. The smallest absolute Gasteiger partial charge is 0.316 e. The molecule has 0 atom stereocenters. The highest BCUT2D eigenvalue weighted by atomic mass is 16.5. The van der Waals surface area contributed by atoms with Crippen LogP contribution in [0, 0.1) is 0 Å². The van der Waals surface area contributed by atoms with Crippen LogP contribution in [0.3, 0.4) is 0 Å². The molecule has 0 aliphatic heterocycles. The first-order chi connectivity index (χ1) is 11.6. The number of unbranched alkanes of at least 4 members (excludes halogenated alkanes) is 8. The van der Waals surface area contributed by atoms with E-state index in [1.165, 1.54) is 44.9 Å². The summed E-state index contributed by atoms with van der Waals surface area (Å²) in [6.07, 6.45) is 11.2. The lowest BCUT2D eigenvalue weighted by Crippen LogP contribution is -2.20. The summed E-state index contributed by atoms with van der Waals surface area (Å²) in [7, 11) is 0. The second-order valence-corrected chi connectivity index (χ2v) is 6.04. The summed E-state index contributed by atoms with van der Waals surface area (Å²) in [6.45, 7) is 2.22. The standard InChI is InChI=1S/C19H30N2O3/c1-2-3-4-5-6-7-8-9-10-15-18(22)24-17-14-12-11-13-16(17)21-19(20)23/h11-14H,2-10,15H2,1H3,(H3,20,21,23). The number of hydrogen-bond donors (Lipinski definition) is 2. The summed E-state index contributed by atoms with van der Waals surface area (Å²) in [6, 6.07) is 6.08. The van der Waals surface area contributed by atoms with Gasteiger partial charge in [-0.25, -0.2) is 4.79 Å². The quantitative estimate of drug-likeness (QED) is 0.320. The maximum Gasteiger partial charge on any atom is 0.316 e. The Bertz CT molecular complexity index is 503. The zero-order valence-corrected chi connectivity index (χ0v) is 14.7. The molecule has 5 heteroatoms. The minimum atomic E-state index is -0.683. The van der Waals surface area contributed by atoms with E-state index >= 15 is 0 Å². The largest absolute Gasteiger partial charge is 0.424 e. The van der Waals surface area contributed by atoms with Crippen molar-refractivity contribution in [2.24, 2.45) is 5.73 Å². The predicted octanol–water partition coefficient (Wildman–Crippen LogP) is 5.00. The Kier molecular flexibility index (Phi) is 10.3. The van der Waals surface area contributed by atoms with Crippen molar-refractivity contribution in [3.05, 3.63) is 24.3 Å². The summed E-state index contributed by atoms with van der Waals surface area (Å²) >= 11 is 0. The van der Waals surface area contributed by atoms with Crippen molar-refractivity contribution in [1.29, 1.82) is 0 Å². The molecule has 1 rings (SSSR count). The number of rotatable bonds is 12. The monoisotopic (exact) mass is 334 g/mol. The number of amides is 2. The fraction of sp³-hybridized carbons (Fsp3) is 0.579. The molecule has 1 aromatic carbocycles. The van der Waals surface area contributed by atoms with Gasteiger partial charge in [0.05, 0.1) is 5.69 Å². The molecule has 24 heavy (non-hydrogen) atoms. The molecule has 0 radical (unpaired) electrons. The van der Waals surface area contributed by atoms with E-state index in [0.29, 0.717) is 17.9 Å². The fourth-order valence-electron chi connectivity index (χ4n) is 2.55. The van der Waals surface area contributed by atoms with E-state index in [9.17, 15) is 9.59 Å². The molecule has 5 nitrogen and oxygen atoms in total. The molecular formula is C19H30N2O3. The summed E-state index contributed by atoms with van der Waals surface area (Å²) in [4.78, 5) is 22.8. The summed E-state index contributed by atoms with van der Waals surface area (Å²) in [5.74, 6) is 0.0499. The van der Waals surface area contributed by atoms with Gasteiger partial charge in [-0.2, -0.15) is 0 Å². The lowest BCUT2D eigenvalue weighted by molar-refractivity contribution is -0.134. The number of para-hydroxylation sites is 2. The van der Waals surface area contributed by atoms with Gasteiger partial charge < -0.3 is 15.8 Å². The molecule has 1 aromatic rings. The Labute approximate surface area is 145 Å². The molecular weight excluding hydrogens is 304 g/mol. The molecule has 0 saturated heterocycles. The molecule has 0 unspecified atom stereocenters. The van der Waals surface area contributed by atoms with E-state index < -0.39 is 6.03 Å². The van der Waals surface area contributed by atoms with Crippen LogP contribution in [0.15, 0.2) is 24.3 Å². The lowest BCUT2D eigenvalue weighted by Gasteiger charge is -2.09. The van der Waals surface area contributed by atoms with E-state index in [2.05, 4.69) is 12.2 Å². The Morgan fingerprint density at radius 2 is 1.54 bits per heavy atom. The number of nitrogens with one attached hydrogen (secondary N) is 1. The average Bonchev–Trinajstić information content (AvgIpc) is 2.54. The second-order valence-electron chi connectivity index (χ2n) is 6.04. The number of carbonyl (C=O) groups excluding carboxylic acids is 2. The predicted molar refractivity (Wildman–Crippen MR) is 97.1 cm³/mol. The minimum Gasteiger partial charge on any atom is -0.424 e. The summed E-state index contributed by atoms with van der Waals surface area (Å²) in [5, 5.41) is 2.45. The van der Waals surface area contributed by atoms with Crippen LogP contribution >= 0.6 is 0 Å². The number of nitrogens with two attached hydrogens (primary N) is 1. The number of esters is 1. The third kappa shape index (κ3) is 9.18. The average molecular weight is 334 g/mol. The molecule has 134 valence electrons. The van der Waals surface area contributed by atoms with Gasteiger partial charge in [0.15, 0.2) is 5.75 Å². The van der Waals surface area contributed by atoms with Crippen molar-refractivity contribution in [2.45, 2.75) is 71.1 Å². The van der Waals surface area contributed by atoms with E-state index in [1.54, 1.807) is 24.3 Å². The van der Waals surface area contributed by atoms with Gasteiger partial charge >= 0.3 is 12.0 Å². The number of benzene rings is 1. The van der Waals surface area contributed by atoms with Crippen molar-refractivity contribution < 1.29 is 14.3 Å². The highest BCUT2D eigenvalue weighted by molar-refractivity contribution is 5.90. The van der Waals surface area contributed by atoms with Gasteiger partial charge in [0.25, 0.3) is 0 Å². The first-order valence-corrected chi connectivity index (χ1v) is 8.99. The topological polar surface area (TPSA) is 81.4 Å². The van der Waals surface area contributed by atoms with E-state index in [4.69, 9.17) is 10.5 Å². The summed E-state index contributed by atoms with van der Waals surface area (Å²) < 4.78 is 5.31.